The number of benzene rings is 2. The van der Waals surface area contributed by atoms with Gasteiger partial charge >= 0.3 is 0 Å². The molecule has 1 aliphatic heterocycles. The fourth-order valence-electron chi connectivity index (χ4n) is 3.34. The van der Waals surface area contributed by atoms with Crippen molar-refractivity contribution in [1.29, 1.82) is 5.26 Å². The lowest BCUT2D eigenvalue weighted by Gasteiger charge is -2.36. The topological polar surface area (TPSA) is 73.6 Å². The van der Waals surface area contributed by atoms with Crippen LogP contribution in [0.25, 0.3) is 0 Å². The first-order valence-corrected chi connectivity index (χ1v) is 10.2. The smallest absolute Gasteiger partial charge is 0.243 e. The summed E-state index contributed by atoms with van der Waals surface area (Å²) in [5.74, 6) is 0.619. The molecular formula is C20H23N3O3S. The van der Waals surface area contributed by atoms with Gasteiger partial charge in [0, 0.05) is 26.2 Å². The largest absolute Gasteiger partial charge is 0.497 e. The molecule has 0 amide bonds. The highest BCUT2D eigenvalue weighted by Crippen LogP contribution is 2.26. The van der Waals surface area contributed by atoms with Crippen molar-refractivity contribution in [1.82, 2.24) is 9.21 Å². The fraction of sp³-hybridized carbons (Fsp3) is 0.350. The quantitative estimate of drug-likeness (QED) is 0.791. The zero-order chi connectivity index (χ0) is 19.4. The summed E-state index contributed by atoms with van der Waals surface area (Å²) in [6.45, 7) is 3.74. The van der Waals surface area contributed by atoms with Gasteiger partial charge in [-0.15, -0.1) is 0 Å². The van der Waals surface area contributed by atoms with Crippen LogP contribution in [0.1, 0.15) is 17.2 Å². The van der Waals surface area contributed by atoms with E-state index in [9.17, 15) is 13.7 Å². The van der Waals surface area contributed by atoms with E-state index in [0.29, 0.717) is 31.9 Å². The lowest BCUT2D eigenvalue weighted by Crippen LogP contribution is -2.49. The van der Waals surface area contributed by atoms with E-state index in [1.54, 1.807) is 31.4 Å². The second-order valence-corrected chi connectivity index (χ2v) is 8.44. The van der Waals surface area contributed by atoms with E-state index in [0.717, 1.165) is 11.1 Å². The molecule has 7 heteroatoms. The van der Waals surface area contributed by atoms with Gasteiger partial charge in [0.05, 0.1) is 18.1 Å². The number of nitrogens with zero attached hydrogens (tertiary/aromatic N) is 3. The maximum atomic E-state index is 12.9. The van der Waals surface area contributed by atoms with Crippen LogP contribution in [0.4, 0.5) is 0 Å². The molecule has 6 nitrogen and oxygen atoms in total. The molecule has 0 bridgehead atoms. The predicted molar refractivity (Wildman–Crippen MR) is 103 cm³/mol. The number of hydrogen-bond donors (Lipinski definition) is 0. The van der Waals surface area contributed by atoms with E-state index in [-0.39, 0.29) is 10.9 Å². The van der Waals surface area contributed by atoms with Crippen LogP contribution in [0, 0.1) is 18.3 Å². The SMILES string of the molecule is COc1ccc(S(=O)(=O)N2CCN(C(C#N)c3ccccc3C)CC2)cc1. The zero-order valence-corrected chi connectivity index (χ0v) is 16.3. The summed E-state index contributed by atoms with van der Waals surface area (Å²) in [7, 11) is -2.00. The second kappa shape index (κ2) is 8.09. The van der Waals surface area contributed by atoms with Gasteiger partial charge in [0.1, 0.15) is 11.8 Å². The molecule has 0 N–H and O–H groups in total. The van der Waals surface area contributed by atoms with Gasteiger partial charge in [-0.05, 0) is 42.3 Å². The van der Waals surface area contributed by atoms with Crippen molar-refractivity contribution in [2.75, 3.05) is 33.3 Å². The molecule has 1 heterocycles. The molecule has 1 fully saturated rings. The van der Waals surface area contributed by atoms with Crippen molar-refractivity contribution in [2.24, 2.45) is 0 Å². The van der Waals surface area contributed by atoms with Gasteiger partial charge in [0.2, 0.25) is 10.0 Å². The average molecular weight is 385 g/mol. The molecule has 1 atom stereocenters. The van der Waals surface area contributed by atoms with Crippen LogP contribution >= 0.6 is 0 Å². The lowest BCUT2D eigenvalue weighted by molar-refractivity contribution is 0.162. The average Bonchev–Trinajstić information content (AvgIpc) is 2.70. The monoisotopic (exact) mass is 385 g/mol. The van der Waals surface area contributed by atoms with Gasteiger partial charge in [-0.1, -0.05) is 24.3 Å². The molecule has 1 aliphatic rings. The molecule has 2 aromatic carbocycles. The summed E-state index contributed by atoms with van der Waals surface area (Å²) in [4.78, 5) is 2.30. The second-order valence-electron chi connectivity index (χ2n) is 6.50. The molecule has 27 heavy (non-hydrogen) atoms. The van der Waals surface area contributed by atoms with Crippen LogP contribution in [0.5, 0.6) is 5.75 Å². The highest BCUT2D eigenvalue weighted by molar-refractivity contribution is 7.89. The van der Waals surface area contributed by atoms with E-state index < -0.39 is 10.0 Å². The Labute approximate surface area is 160 Å². The van der Waals surface area contributed by atoms with E-state index in [1.807, 2.05) is 36.1 Å². The number of rotatable bonds is 5. The van der Waals surface area contributed by atoms with Crippen LogP contribution in [0.15, 0.2) is 53.4 Å². The third kappa shape index (κ3) is 3.98. The van der Waals surface area contributed by atoms with Crippen LogP contribution in [-0.2, 0) is 10.0 Å². The highest BCUT2D eigenvalue weighted by atomic mass is 32.2. The number of hydrogen-bond acceptors (Lipinski definition) is 5. The van der Waals surface area contributed by atoms with Crippen molar-refractivity contribution in [2.45, 2.75) is 17.9 Å². The standard InChI is InChI=1S/C20H23N3O3S/c1-16-5-3-4-6-19(16)20(15-21)22-11-13-23(14-12-22)27(24,25)18-9-7-17(26-2)8-10-18/h3-10,20H,11-14H2,1-2H3. The molecule has 0 saturated carbocycles. The summed E-state index contributed by atoms with van der Waals surface area (Å²) >= 11 is 0. The molecule has 0 spiro atoms. The van der Waals surface area contributed by atoms with Crippen molar-refractivity contribution in [3.63, 3.8) is 0 Å². The van der Waals surface area contributed by atoms with E-state index in [2.05, 4.69) is 6.07 Å². The van der Waals surface area contributed by atoms with Crippen LogP contribution in [0.3, 0.4) is 0 Å². The first-order chi connectivity index (χ1) is 13.0. The van der Waals surface area contributed by atoms with Crippen LogP contribution < -0.4 is 4.74 Å². The van der Waals surface area contributed by atoms with Crippen LogP contribution in [0.2, 0.25) is 0 Å². The number of sulfonamides is 1. The van der Waals surface area contributed by atoms with Gasteiger partial charge in [-0.3, -0.25) is 4.90 Å². The molecule has 1 saturated heterocycles. The minimum absolute atomic E-state index is 0.257. The number of ether oxygens (including phenoxy) is 1. The number of methoxy groups -OCH3 is 1. The molecule has 3 rings (SSSR count). The van der Waals surface area contributed by atoms with Gasteiger partial charge in [0.15, 0.2) is 0 Å². The predicted octanol–water partition coefficient (Wildman–Crippen LogP) is 2.57. The summed E-state index contributed by atoms with van der Waals surface area (Å²) in [5, 5.41) is 9.67. The molecule has 0 radical (unpaired) electrons. The third-order valence-electron chi connectivity index (χ3n) is 4.94. The number of piperazine rings is 1. The van der Waals surface area contributed by atoms with Gasteiger partial charge < -0.3 is 4.74 Å². The minimum Gasteiger partial charge on any atom is -0.497 e. The van der Waals surface area contributed by atoms with Crippen LogP contribution in [-0.4, -0.2) is 50.9 Å². The fourth-order valence-corrected chi connectivity index (χ4v) is 4.76. The van der Waals surface area contributed by atoms with Crippen molar-refractivity contribution >= 4 is 10.0 Å². The number of nitriles is 1. The normalized spacial score (nSPS) is 17.2. The Balaban J connectivity index is 1.72. The Bertz CT molecular complexity index is 928. The molecule has 2 aromatic rings. The van der Waals surface area contributed by atoms with Crippen molar-refractivity contribution < 1.29 is 13.2 Å². The molecular weight excluding hydrogens is 362 g/mol. The number of aryl methyl sites for hydroxylation is 1. The first kappa shape index (κ1) is 19.4. The molecule has 0 aliphatic carbocycles. The Hall–Kier alpha value is -2.40. The van der Waals surface area contributed by atoms with Gasteiger partial charge in [0.25, 0.3) is 0 Å². The maximum Gasteiger partial charge on any atom is 0.243 e. The third-order valence-corrected chi connectivity index (χ3v) is 6.85. The summed E-state index contributed by atoms with van der Waals surface area (Å²) < 4.78 is 32.3. The maximum absolute atomic E-state index is 12.9. The summed E-state index contributed by atoms with van der Waals surface area (Å²) in [6, 6.07) is 16.3. The Morgan fingerprint density at radius 3 is 2.22 bits per heavy atom. The minimum atomic E-state index is -3.55. The Kier molecular flexibility index (Phi) is 5.80. The Morgan fingerprint density at radius 2 is 1.67 bits per heavy atom. The van der Waals surface area contributed by atoms with Gasteiger partial charge in [-0.25, -0.2) is 8.42 Å². The van der Waals surface area contributed by atoms with Crippen molar-refractivity contribution in [3.8, 4) is 11.8 Å². The molecule has 1 unspecified atom stereocenters. The van der Waals surface area contributed by atoms with E-state index >= 15 is 0 Å². The Morgan fingerprint density at radius 1 is 1.04 bits per heavy atom. The molecule has 142 valence electrons. The summed E-state index contributed by atoms with van der Waals surface area (Å²) in [5.41, 5.74) is 2.05. The van der Waals surface area contributed by atoms with E-state index in [4.69, 9.17) is 4.74 Å². The first-order valence-electron chi connectivity index (χ1n) is 8.81. The lowest BCUT2D eigenvalue weighted by atomic mass is 10.0. The zero-order valence-electron chi connectivity index (χ0n) is 15.5. The summed E-state index contributed by atoms with van der Waals surface area (Å²) in [6.07, 6.45) is 0. The highest BCUT2D eigenvalue weighted by Gasteiger charge is 2.32. The molecule has 0 aromatic heterocycles. The van der Waals surface area contributed by atoms with E-state index in [1.165, 1.54) is 4.31 Å². The van der Waals surface area contributed by atoms with Gasteiger partial charge in [-0.2, -0.15) is 9.57 Å². The van der Waals surface area contributed by atoms with Crippen molar-refractivity contribution in [3.05, 3.63) is 59.7 Å².